The molecule has 0 bridgehead atoms. The topological polar surface area (TPSA) is 36.4 Å². The molecule has 3 nitrogen and oxygen atoms in total. The molecule has 1 aliphatic heterocycles. The SMILES string of the molecule is CCC(C)(C(O)c1ccc(C)nc1)N1CCCCC1. The quantitative estimate of drug-likeness (QED) is 0.906. The predicted molar refractivity (Wildman–Crippen MR) is 78.1 cm³/mol. The second kappa shape index (κ2) is 6.02. The molecule has 106 valence electrons. The van der Waals surface area contributed by atoms with Crippen LogP contribution < -0.4 is 0 Å². The number of likely N-dealkylation sites (tertiary alicyclic amines) is 1. The van der Waals surface area contributed by atoms with Gasteiger partial charge < -0.3 is 5.11 Å². The van der Waals surface area contributed by atoms with Crippen LogP contribution in [0.3, 0.4) is 0 Å². The number of hydrogen-bond acceptors (Lipinski definition) is 3. The van der Waals surface area contributed by atoms with Crippen LogP contribution in [0.5, 0.6) is 0 Å². The van der Waals surface area contributed by atoms with E-state index in [9.17, 15) is 5.11 Å². The Morgan fingerprint density at radius 2 is 2.00 bits per heavy atom. The normalized spacial score (nSPS) is 21.9. The Labute approximate surface area is 116 Å². The molecule has 0 saturated carbocycles. The van der Waals surface area contributed by atoms with Crippen molar-refractivity contribution in [2.45, 2.75) is 58.1 Å². The van der Waals surface area contributed by atoms with Crippen molar-refractivity contribution in [3.8, 4) is 0 Å². The molecule has 2 unspecified atom stereocenters. The van der Waals surface area contributed by atoms with Crippen LogP contribution in [0.4, 0.5) is 0 Å². The highest BCUT2D eigenvalue weighted by atomic mass is 16.3. The largest absolute Gasteiger partial charge is 0.386 e. The summed E-state index contributed by atoms with van der Waals surface area (Å²) in [5.41, 5.74) is 1.74. The molecule has 3 heteroatoms. The van der Waals surface area contributed by atoms with Crippen LogP contribution in [0, 0.1) is 6.92 Å². The van der Waals surface area contributed by atoms with Crippen molar-refractivity contribution in [1.82, 2.24) is 9.88 Å². The molecule has 1 aromatic rings. The molecular formula is C16H26N2O. The highest BCUT2D eigenvalue weighted by Gasteiger charge is 2.38. The molecule has 0 aromatic carbocycles. The third-order valence-corrected chi connectivity index (χ3v) is 4.63. The van der Waals surface area contributed by atoms with E-state index >= 15 is 0 Å². The average Bonchev–Trinajstić information content (AvgIpc) is 2.47. The number of nitrogens with zero attached hydrogens (tertiary/aromatic N) is 2. The molecule has 1 aliphatic rings. The first kappa shape index (κ1) is 14.5. The highest BCUT2D eigenvalue weighted by Crippen LogP contribution is 2.35. The maximum atomic E-state index is 10.8. The van der Waals surface area contributed by atoms with E-state index in [2.05, 4.69) is 23.7 Å². The van der Waals surface area contributed by atoms with Gasteiger partial charge in [0.25, 0.3) is 0 Å². The van der Waals surface area contributed by atoms with Gasteiger partial charge in [-0.1, -0.05) is 19.4 Å². The molecule has 1 saturated heterocycles. The first-order valence-electron chi connectivity index (χ1n) is 7.43. The molecule has 2 heterocycles. The van der Waals surface area contributed by atoms with Gasteiger partial charge in [0.1, 0.15) is 0 Å². The van der Waals surface area contributed by atoms with Gasteiger partial charge in [-0.2, -0.15) is 0 Å². The van der Waals surface area contributed by atoms with Crippen LogP contribution >= 0.6 is 0 Å². The smallest absolute Gasteiger partial charge is 0.0985 e. The number of piperidine rings is 1. The number of aromatic nitrogens is 1. The van der Waals surface area contributed by atoms with Crippen molar-refractivity contribution < 1.29 is 5.11 Å². The maximum absolute atomic E-state index is 10.8. The summed E-state index contributed by atoms with van der Waals surface area (Å²) in [5, 5.41) is 10.8. The number of aliphatic hydroxyl groups is 1. The summed E-state index contributed by atoms with van der Waals surface area (Å²) in [6.45, 7) is 8.52. The molecular weight excluding hydrogens is 236 g/mol. The number of pyridine rings is 1. The van der Waals surface area contributed by atoms with Gasteiger partial charge in [0.2, 0.25) is 0 Å². The Hall–Kier alpha value is -0.930. The summed E-state index contributed by atoms with van der Waals surface area (Å²) in [6.07, 6.45) is 6.10. The van der Waals surface area contributed by atoms with Gasteiger partial charge >= 0.3 is 0 Å². The minimum Gasteiger partial charge on any atom is -0.386 e. The Bertz CT molecular complexity index is 398. The van der Waals surface area contributed by atoms with Gasteiger partial charge in [-0.15, -0.1) is 0 Å². The van der Waals surface area contributed by atoms with Crippen molar-refractivity contribution in [1.29, 1.82) is 0 Å². The van der Waals surface area contributed by atoms with E-state index in [4.69, 9.17) is 0 Å². The molecule has 1 aromatic heterocycles. The summed E-state index contributed by atoms with van der Waals surface area (Å²) in [6, 6.07) is 3.98. The zero-order chi connectivity index (χ0) is 13.9. The predicted octanol–water partition coefficient (Wildman–Crippen LogP) is 3.08. The van der Waals surface area contributed by atoms with Gasteiger partial charge in [-0.25, -0.2) is 0 Å². The Morgan fingerprint density at radius 3 is 2.53 bits per heavy atom. The molecule has 0 spiro atoms. The zero-order valence-electron chi connectivity index (χ0n) is 12.4. The molecule has 2 atom stereocenters. The van der Waals surface area contributed by atoms with Crippen LogP contribution in [0.15, 0.2) is 18.3 Å². The highest BCUT2D eigenvalue weighted by molar-refractivity contribution is 5.19. The Kier molecular flexibility index (Phi) is 4.58. The second-order valence-corrected chi connectivity index (χ2v) is 5.89. The fourth-order valence-electron chi connectivity index (χ4n) is 2.99. The average molecular weight is 262 g/mol. The van der Waals surface area contributed by atoms with Crippen LogP contribution in [0.25, 0.3) is 0 Å². The van der Waals surface area contributed by atoms with E-state index in [0.717, 1.165) is 30.8 Å². The van der Waals surface area contributed by atoms with Crippen molar-refractivity contribution in [3.63, 3.8) is 0 Å². The van der Waals surface area contributed by atoms with Gasteiger partial charge in [-0.05, 0) is 52.3 Å². The Morgan fingerprint density at radius 1 is 1.32 bits per heavy atom. The van der Waals surface area contributed by atoms with E-state index in [-0.39, 0.29) is 5.54 Å². The number of rotatable bonds is 4. The van der Waals surface area contributed by atoms with E-state index in [0.29, 0.717) is 0 Å². The molecule has 0 radical (unpaired) electrons. The fourth-order valence-corrected chi connectivity index (χ4v) is 2.99. The van der Waals surface area contributed by atoms with E-state index in [1.807, 2.05) is 25.3 Å². The molecule has 1 fully saturated rings. The standard InChI is InChI=1S/C16H26N2O/c1-4-16(3,18-10-6-5-7-11-18)15(19)14-9-8-13(2)17-12-14/h8-9,12,15,19H,4-7,10-11H2,1-3H3. The number of aryl methyl sites for hydroxylation is 1. The lowest BCUT2D eigenvalue weighted by Gasteiger charge is -2.46. The zero-order valence-corrected chi connectivity index (χ0v) is 12.4. The van der Waals surface area contributed by atoms with Gasteiger partial charge in [-0.3, -0.25) is 9.88 Å². The Balaban J connectivity index is 2.21. The van der Waals surface area contributed by atoms with Crippen molar-refractivity contribution >= 4 is 0 Å². The summed E-state index contributed by atoms with van der Waals surface area (Å²) >= 11 is 0. The number of aliphatic hydroxyl groups excluding tert-OH is 1. The first-order chi connectivity index (χ1) is 9.08. The van der Waals surface area contributed by atoms with Gasteiger partial charge in [0, 0.05) is 23.0 Å². The van der Waals surface area contributed by atoms with Crippen molar-refractivity contribution in [2.24, 2.45) is 0 Å². The lowest BCUT2D eigenvalue weighted by atomic mass is 9.84. The lowest BCUT2D eigenvalue weighted by molar-refractivity contribution is -0.0353. The molecule has 0 aliphatic carbocycles. The monoisotopic (exact) mass is 262 g/mol. The minimum absolute atomic E-state index is 0.183. The van der Waals surface area contributed by atoms with E-state index < -0.39 is 6.10 Å². The molecule has 1 N–H and O–H groups in total. The third-order valence-electron chi connectivity index (χ3n) is 4.63. The van der Waals surface area contributed by atoms with Gasteiger partial charge in [0.05, 0.1) is 6.10 Å². The second-order valence-electron chi connectivity index (χ2n) is 5.89. The van der Waals surface area contributed by atoms with Crippen LogP contribution in [0.1, 0.15) is 56.9 Å². The van der Waals surface area contributed by atoms with E-state index in [1.54, 1.807) is 0 Å². The summed E-state index contributed by atoms with van der Waals surface area (Å²) in [7, 11) is 0. The van der Waals surface area contributed by atoms with Gasteiger partial charge in [0.15, 0.2) is 0 Å². The molecule has 19 heavy (non-hydrogen) atoms. The molecule has 2 rings (SSSR count). The summed E-state index contributed by atoms with van der Waals surface area (Å²) in [4.78, 5) is 6.77. The first-order valence-corrected chi connectivity index (χ1v) is 7.43. The van der Waals surface area contributed by atoms with Crippen LogP contribution in [-0.4, -0.2) is 33.6 Å². The van der Waals surface area contributed by atoms with Crippen LogP contribution in [-0.2, 0) is 0 Å². The molecule has 0 amide bonds. The summed E-state index contributed by atoms with van der Waals surface area (Å²) in [5.74, 6) is 0. The third kappa shape index (κ3) is 2.98. The van der Waals surface area contributed by atoms with Crippen LogP contribution in [0.2, 0.25) is 0 Å². The maximum Gasteiger partial charge on any atom is 0.0985 e. The van der Waals surface area contributed by atoms with E-state index in [1.165, 1.54) is 19.3 Å². The summed E-state index contributed by atoms with van der Waals surface area (Å²) < 4.78 is 0. The number of hydrogen-bond donors (Lipinski definition) is 1. The minimum atomic E-state index is -0.469. The fraction of sp³-hybridized carbons (Fsp3) is 0.688. The van der Waals surface area contributed by atoms with Crippen molar-refractivity contribution in [3.05, 3.63) is 29.6 Å². The lowest BCUT2D eigenvalue weighted by Crippen LogP contribution is -2.52. The van der Waals surface area contributed by atoms with Crippen molar-refractivity contribution in [2.75, 3.05) is 13.1 Å².